The van der Waals surface area contributed by atoms with Crippen molar-refractivity contribution in [3.63, 3.8) is 0 Å². The minimum absolute atomic E-state index is 0.532. The highest BCUT2D eigenvalue weighted by molar-refractivity contribution is 5.76. The maximum atomic E-state index is 12.1. The lowest BCUT2D eigenvalue weighted by Crippen LogP contribution is -2.51. The number of benzene rings is 1. The Labute approximate surface area is 164 Å². The predicted molar refractivity (Wildman–Crippen MR) is 106 cm³/mol. The van der Waals surface area contributed by atoms with Gasteiger partial charge in [0, 0.05) is 50.2 Å². The van der Waals surface area contributed by atoms with Crippen molar-refractivity contribution in [2.24, 2.45) is 7.05 Å². The van der Waals surface area contributed by atoms with Crippen LogP contribution in [0, 0.1) is 6.92 Å². The molecule has 1 aromatic carbocycles. The normalized spacial score (nSPS) is 16.9. The van der Waals surface area contributed by atoms with Gasteiger partial charge in [0.05, 0.1) is 11.9 Å². The minimum atomic E-state index is -0.956. The van der Waals surface area contributed by atoms with E-state index in [-0.39, 0.29) is 0 Å². The van der Waals surface area contributed by atoms with E-state index in [1.54, 1.807) is 10.9 Å². The standard InChI is InChI=1S/C21H25N5O2/c1-16-12-22-26(13-16)21(20(27)28)8-10-25(11-9-21)15-18-14-24(2)23-19(18)17-6-4-3-5-7-17/h3-7,12-14H,8-11,15H2,1-2H3,(H,27,28). The number of piperidine rings is 1. The zero-order chi connectivity index (χ0) is 19.7. The number of aryl methyl sites for hydroxylation is 2. The Hall–Kier alpha value is -2.93. The summed E-state index contributed by atoms with van der Waals surface area (Å²) in [7, 11) is 1.93. The molecule has 1 fully saturated rings. The molecule has 0 radical (unpaired) electrons. The van der Waals surface area contributed by atoms with Crippen molar-refractivity contribution >= 4 is 5.97 Å². The van der Waals surface area contributed by atoms with Gasteiger partial charge in [-0.2, -0.15) is 10.2 Å². The van der Waals surface area contributed by atoms with Crippen LogP contribution in [0.2, 0.25) is 0 Å². The Bertz CT molecular complexity index is 968. The van der Waals surface area contributed by atoms with E-state index in [9.17, 15) is 9.90 Å². The molecule has 28 heavy (non-hydrogen) atoms. The van der Waals surface area contributed by atoms with E-state index in [1.165, 1.54) is 0 Å². The van der Waals surface area contributed by atoms with Gasteiger partial charge in [-0.1, -0.05) is 30.3 Å². The summed E-state index contributed by atoms with van der Waals surface area (Å²) >= 11 is 0. The Morgan fingerprint density at radius 1 is 1.18 bits per heavy atom. The Morgan fingerprint density at radius 3 is 2.50 bits per heavy atom. The van der Waals surface area contributed by atoms with Gasteiger partial charge in [0.25, 0.3) is 0 Å². The van der Waals surface area contributed by atoms with E-state index in [0.29, 0.717) is 25.9 Å². The van der Waals surface area contributed by atoms with Gasteiger partial charge in [-0.15, -0.1) is 0 Å². The van der Waals surface area contributed by atoms with Crippen molar-refractivity contribution in [2.45, 2.75) is 31.8 Å². The molecule has 0 saturated carbocycles. The van der Waals surface area contributed by atoms with E-state index in [0.717, 1.165) is 28.9 Å². The maximum absolute atomic E-state index is 12.1. The smallest absolute Gasteiger partial charge is 0.331 e. The molecule has 1 aliphatic rings. The Balaban J connectivity index is 1.52. The zero-order valence-electron chi connectivity index (χ0n) is 16.2. The summed E-state index contributed by atoms with van der Waals surface area (Å²) in [6.45, 7) is 4.09. The van der Waals surface area contributed by atoms with Crippen molar-refractivity contribution in [1.29, 1.82) is 0 Å². The van der Waals surface area contributed by atoms with Gasteiger partial charge in [-0.3, -0.25) is 14.3 Å². The van der Waals surface area contributed by atoms with Crippen molar-refractivity contribution in [3.8, 4) is 11.3 Å². The molecule has 3 aromatic rings. The van der Waals surface area contributed by atoms with Crippen LogP contribution >= 0.6 is 0 Å². The van der Waals surface area contributed by atoms with Crippen LogP contribution in [0.1, 0.15) is 24.0 Å². The summed E-state index contributed by atoms with van der Waals surface area (Å²) in [5, 5.41) is 18.9. The second kappa shape index (κ2) is 7.24. The molecule has 2 aromatic heterocycles. The fourth-order valence-electron chi connectivity index (χ4n) is 4.00. The van der Waals surface area contributed by atoms with Gasteiger partial charge in [-0.25, -0.2) is 4.79 Å². The van der Waals surface area contributed by atoms with Gasteiger partial charge in [0.1, 0.15) is 0 Å². The number of carboxylic acids is 1. The molecule has 0 amide bonds. The number of nitrogens with zero attached hydrogens (tertiary/aromatic N) is 5. The molecule has 1 saturated heterocycles. The van der Waals surface area contributed by atoms with E-state index >= 15 is 0 Å². The molecule has 0 spiro atoms. The lowest BCUT2D eigenvalue weighted by atomic mass is 9.87. The lowest BCUT2D eigenvalue weighted by molar-refractivity contribution is -0.151. The fraction of sp³-hybridized carbons (Fsp3) is 0.381. The van der Waals surface area contributed by atoms with Gasteiger partial charge in [0.2, 0.25) is 0 Å². The fourth-order valence-corrected chi connectivity index (χ4v) is 4.00. The third-order valence-electron chi connectivity index (χ3n) is 5.58. The van der Waals surface area contributed by atoms with Crippen LogP contribution in [0.15, 0.2) is 48.9 Å². The van der Waals surface area contributed by atoms with Crippen molar-refractivity contribution in [1.82, 2.24) is 24.5 Å². The predicted octanol–water partition coefficient (Wildman–Crippen LogP) is 2.67. The highest BCUT2D eigenvalue weighted by Gasteiger charge is 2.44. The first kappa shape index (κ1) is 18.4. The molecule has 7 heteroatoms. The second-order valence-corrected chi connectivity index (χ2v) is 7.62. The molecule has 3 heterocycles. The summed E-state index contributed by atoms with van der Waals surface area (Å²) in [6.07, 6.45) is 6.67. The summed E-state index contributed by atoms with van der Waals surface area (Å²) in [5.41, 5.74) is 3.27. The molecule has 7 nitrogen and oxygen atoms in total. The number of carbonyl (C=O) groups is 1. The first-order valence-electron chi connectivity index (χ1n) is 9.53. The number of hydrogen-bond acceptors (Lipinski definition) is 4. The average Bonchev–Trinajstić information content (AvgIpc) is 3.29. The SMILES string of the molecule is Cc1cnn(C2(C(=O)O)CCN(Cc3cn(C)nc3-c3ccccc3)CC2)c1. The number of rotatable bonds is 5. The van der Waals surface area contributed by atoms with Crippen molar-refractivity contribution in [3.05, 3.63) is 60.0 Å². The maximum Gasteiger partial charge on any atom is 0.331 e. The third-order valence-corrected chi connectivity index (χ3v) is 5.58. The Kier molecular flexibility index (Phi) is 4.77. The molecule has 1 N–H and O–H groups in total. The molecular formula is C21H25N5O2. The number of carboxylic acid groups (broad SMARTS) is 1. The molecule has 1 aliphatic heterocycles. The van der Waals surface area contributed by atoms with Crippen molar-refractivity contribution in [2.75, 3.05) is 13.1 Å². The zero-order valence-corrected chi connectivity index (χ0v) is 16.2. The second-order valence-electron chi connectivity index (χ2n) is 7.62. The largest absolute Gasteiger partial charge is 0.479 e. The van der Waals surface area contributed by atoms with Crippen molar-refractivity contribution < 1.29 is 9.90 Å². The summed E-state index contributed by atoms with van der Waals surface area (Å²) in [4.78, 5) is 14.4. The molecule has 0 bridgehead atoms. The van der Waals surface area contributed by atoms with Crippen LogP contribution in [0.4, 0.5) is 0 Å². The Morgan fingerprint density at radius 2 is 1.89 bits per heavy atom. The van der Waals surface area contributed by atoms with E-state index in [2.05, 4.69) is 33.4 Å². The monoisotopic (exact) mass is 379 g/mol. The summed E-state index contributed by atoms with van der Waals surface area (Å²) in [5.74, 6) is -0.804. The van der Waals surface area contributed by atoms with Gasteiger partial charge in [0.15, 0.2) is 5.54 Å². The minimum Gasteiger partial charge on any atom is -0.479 e. The lowest BCUT2D eigenvalue weighted by Gasteiger charge is -2.38. The molecule has 146 valence electrons. The van der Waals surface area contributed by atoms with Crippen LogP contribution < -0.4 is 0 Å². The van der Waals surface area contributed by atoms with Gasteiger partial charge >= 0.3 is 5.97 Å². The summed E-state index contributed by atoms with van der Waals surface area (Å²) < 4.78 is 3.48. The molecule has 0 aliphatic carbocycles. The van der Waals surface area contributed by atoms with Gasteiger partial charge < -0.3 is 5.11 Å². The van der Waals surface area contributed by atoms with Crippen LogP contribution in [0.25, 0.3) is 11.3 Å². The van der Waals surface area contributed by atoms with Crippen LogP contribution in [0.5, 0.6) is 0 Å². The molecule has 0 unspecified atom stereocenters. The first-order valence-corrected chi connectivity index (χ1v) is 9.53. The first-order chi connectivity index (χ1) is 13.5. The van der Waals surface area contributed by atoms with Gasteiger partial charge in [-0.05, 0) is 25.3 Å². The number of aromatic nitrogens is 4. The number of aliphatic carboxylic acids is 1. The molecular weight excluding hydrogens is 354 g/mol. The topological polar surface area (TPSA) is 76.2 Å². The van der Waals surface area contributed by atoms with E-state index in [4.69, 9.17) is 0 Å². The average molecular weight is 379 g/mol. The van der Waals surface area contributed by atoms with Crippen LogP contribution in [0.3, 0.4) is 0 Å². The highest BCUT2D eigenvalue weighted by Crippen LogP contribution is 2.32. The van der Waals surface area contributed by atoms with E-state index in [1.807, 2.05) is 43.0 Å². The summed E-state index contributed by atoms with van der Waals surface area (Å²) in [6, 6.07) is 10.2. The molecule has 4 rings (SSSR count). The molecule has 0 atom stereocenters. The number of likely N-dealkylation sites (tertiary alicyclic amines) is 1. The quantitative estimate of drug-likeness (QED) is 0.738. The van der Waals surface area contributed by atoms with Crippen LogP contribution in [-0.2, 0) is 23.9 Å². The number of hydrogen-bond donors (Lipinski definition) is 1. The van der Waals surface area contributed by atoms with Crippen LogP contribution in [-0.4, -0.2) is 48.6 Å². The highest BCUT2D eigenvalue weighted by atomic mass is 16.4. The van der Waals surface area contributed by atoms with E-state index < -0.39 is 11.5 Å². The third kappa shape index (κ3) is 3.33.